The van der Waals surface area contributed by atoms with Crippen LogP contribution in [0.4, 0.5) is 4.79 Å². The van der Waals surface area contributed by atoms with Gasteiger partial charge >= 0.3 is 6.03 Å². The first-order chi connectivity index (χ1) is 9.69. The van der Waals surface area contributed by atoms with Gasteiger partial charge in [0.15, 0.2) is 0 Å². The summed E-state index contributed by atoms with van der Waals surface area (Å²) >= 11 is 0. The van der Waals surface area contributed by atoms with Crippen molar-refractivity contribution in [3.63, 3.8) is 0 Å². The summed E-state index contributed by atoms with van der Waals surface area (Å²) in [5, 5.41) is 9.60. The summed E-state index contributed by atoms with van der Waals surface area (Å²) in [6, 6.07) is -0.0483. The zero-order valence-corrected chi connectivity index (χ0v) is 11.8. The molecule has 0 heterocycles. The van der Waals surface area contributed by atoms with Gasteiger partial charge in [0.1, 0.15) is 0 Å². The fourth-order valence-corrected chi connectivity index (χ4v) is 4.95. The Bertz CT molecular complexity index is 394. The predicted octanol–water partition coefficient (Wildman–Crippen LogP) is 2.95. The molecule has 0 aliphatic heterocycles. The topological polar surface area (TPSA) is 89.9 Å². The van der Waals surface area contributed by atoms with E-state index in [-0.39, 0.29) is 11.6 Å². The second kappa shape index (κ2) is 5.52. The minimum Gasteiger partial charge on any atom is -0.338 e. The van der Waals surface area contributed by atoms with Gasteiger partial charge in [0.25, 0.3) is 0 Å². The molecule has 0 spiro atoms. The lowest BCUT2D eigenvalue weighted by atomic mass is 9.53. The molecule has 0 aromatic carbocycles. The molecule has 0 unspecified atom stereocenters. The van der Waals surface area contributed by atoms with Crippen LogP contribution >= 0.6 is 0 Å². The van der Waals surface area contributed by atoms with Crippen molar-refractivity contribution in [1.29, 1.82) is 0 Å². The van der Waals surface area contributed by atoms with Crippen LogP contribution in [-0.4, -0.2) is 24.7 Å². The second-order valence-corrected chi connectivity index (χ2v) is 6.89. The van der Waals surface area contributed by atoms with Crippen LogP contribution in [0.2, 0.25) is 0 Å². The van der Waals surface area contributed by atoms with Gasteiger partial charge in [0, 0.05) is 23.5 Å². The summed E-state index contributed by atoms with van der Waals surface area (Å²) in [6.07, 6.45) is 8.36. The van der Waals surface area contributed by atoms with Gasteiger partial charge in [0.2, 0.25) is 0 Å². The number of nitrogens with one attached hydrogen (secondary N) is 2. The van der Waals surface area contributed by atoms with E-state index >= 15 is 0 Å². The summed E-state index contributed by atoms with van der Waals surface area (Å²) in [5.74, 6) is 2.52. The Labute approximate surface area is 119 Å². The van der Waals surface area contributed by atoms with Crippen molar-refractivity contribution < 1.29 is 4.79 Å². The summed E-state index contributed by atoms with van der Waals surface area (Å²) in [5.41, 5.74) is 8.25. The van der Waals surface area contributed by atoms with Crippen LogP contribution in [0, 0.1) is 17.8 Å². The van der Waals surface area contributed by atoms with Gasteiger partial charge in [-0.1, -0.05) is 5.11 Å². The summed E-state index contributed by atoms with van der Waals surface area (Å²) in [4.78, 5) is 14.7. The van der Waals surface area contributed by atoms with Crippen molar-refractivity contribution in [2.45, 2.75) is 50.5 Å². The zero-order valence-electron chi connectivity index (χ0n) is 11.8. The molecule has 6 heteroatoms. The van der Waals surface area contributed by atoms with Gasteiger partial charge in [-0.3, -0.25) is 0 Å². The van der Waals surface area contributed by atoms with Gasteiger partial charge < -0.3 is 10.6 Å². The minimum atomic E-state index is -0.0483. The molecule has 4 saturated carbocycles. The number of rotatable bonds is 5. The van der Waals surface area contributed by atoms with Crippen LogP contribution < -0.4 is 10.6 Å². The molecule has 4 bridgehead atoms. The molecule has 20 heavy (non-hydrogen) atoms. The Morgan fingerprint density at radius 1 is 1.20 bits per heavy atom. The van der Waals surface area contributed by atoms with Crippen LogP contribution in [0.5, 0.6) is 0 Å². The SMILES string of the molecule is [N-]=[N+]=NCCCNC(=O)NC12CC3CC(CC(C3)C1)C2. The average molecular weight is 277 g/mol. The van der Waals surface area contributed by atoms with E-state index in [9.17, 15) is 4.79 Å². The zero-order chi connectivity index (χ0) is 14.0. The Morgan fingerprint density at radius 3 is 2.35 bits per heavy atom. The predicted molar refractivity (Wildman–Crippen MR) is 76.1 cm³/mol. The highest BCUT2D eigenvalue weighted by Crippen LogP contribution is 2.55. The lowest BCUT2D eigenvalue weighted by molar-refractivity contribution is -0.0135. The van der Waals surface area contributed by atoms with Gasteiger partial charge in [0.05, 0.1) is 0 Å². The quantitative estimate of drug-likeness (QED) is 0.344. The molecule has 110 valence electrons. The fraction of sp³-hybridized carbons (Fsp3) is 0.929. The van der Waals surface area contributed by atoms with Crippen molar-refractivity contribution in [3.05, 3.63) is 10.4 Å². The third kappa shape index (κ3) is 2.85. The van der Waals surface area contributed by atoms with Crippen molar-refractivity contribution >= 4 is 6.03 Å². The van der Waals surface area contributed by atoms with Gasteiger partial charge in [-0.05, 0) is 68.2 Å². The van der Waals surface area contributed by atoms with Crippen molar-refractivity contribution in [2.75, 3.05) is 13.1 Å². The van der Waals surface area contributed by atoms with E-state index in [1.807, 2.05) is 0 Å². The van der Waals surface area contributed by atoms with E-state index in [0.29, 0.717) is 19.5 Å². The van der Waals surface area contributed by atoms with E-state index in [0.717, 1.165) is 17.8 Å². The van der Waals surface area contributed by atoms with E-state index in [1.54, 1.807) is 0 Å². The molecular formula is C14H23N5O. The van der Waals surface area contributed by atoms with Crippen LogP contribution in [0.3, 0.4) is 0 Å². The van der Waals surface area contributed by atoms with E-state index < -0.39 is 0 Å². The van der Waals surface area contributed by atoms with Crippen molar-refractivity contribution in [3.8, 4) is 0 Å². The standard InChI is InChI=1S/C14H23N5O/c15-19-17-3-1-2-16-13(20)18-14-7-10-4-11(8-14)6-12(5-10)9-14/h10-12H,1-9H2,(H2,16,18,20). The smallest absolute Gasteiger partial charge is 0.315 e. The molecule has 0 saturated heterocycles. The third-order valence-electron chi connectivity index (χ3n) is 5.20. The molecule has 2 amide bonds. The summed E-state index contributed by atoms with van der Waals surface area (Å²) in [6.45, 7) is 1.01. The van der Waals surface area contributed by atoms with Crippen molar-refractivity contribution in [1.82, 2.24) is 10.6 Å². The molecule has 6 nitrogen and oxygen atoms in total. The molecular weight excluding hydrogens is 254 g/mol. The molecule has 4 fully saturated rings. The number of amides is 2. The maximum atomic E-state index is 12.0. The van der Waals surface area contributed by atoms with Crippen LogP contribution in [0.15, 0.2) is 5.11 Å². The maximum Gasteiger partial charge on any atom is 0.315 e. The van der Waals surface area contributed by atoms with E-state index in [2.05, 4.69) is 20.7 Å². The molecule has 0 aromatic rings. The number of urea groups is 1. The largest absolute Gasteiger partial charge is 0.338 e. The number of nitrogens with zero attached hydrogens (tertiary/aromatic N) is 3. The summed E-state index contributed by atoms with van der Waals surface area (Å²) in [7, 11) is 0. The highest BCUT2D eigenvalue weighted by Gasteiger charge is 2.51. The highest BCUT2D eigenvalue weighted by molar-refractivity contribution is 5.74. The van der Waals surface area contributed by atoms with Crippen LogP contribution in [0.25, 0.3) is 10.4 Å². The Hall–Kier alpha value is -1.42. The Balaban J connectivity index is 1.47. The van der Waals surface area contributed by atoms with Crippen molar-refractivity contribution in [2.24, 2.45) is 22.9 Å². The lowest BCUT2D eigenvalue weighted by Crippen LogP contribution is -2.61. The van der Waals surface area contributed by atoms with E-state index in [1.165, 1.54) is 38.5 Å². The molecule has 0 radical (unpaired) electrons. The van der Waals surface area contributed by atoms with Gasteiger partial charge in [-0.25, -0.2) is 4.79 Å². The number of carbonyl (C=O) groups excluding carboxylic acids is 1. The second-order valence-electron chi connectivity index (χ2n) is 6.89. The molecule has 4 aliphatic carbocycles. The highest BCUT2D eigenvalue weighted by atomic mass is 16.2. The Morgan fingerprint density at radius 2 is 1.80 bits per heavy atom. The molecule has 4 aliphatic rings. The van der Waals surface area contributed by atoms with Crippen LogP contribution in [-0.2, 0) is 0 Å². The summed E-state index contributed by atoms with van der Waals surface area (Å²) < 4.78 is 0. The average Bonchev–Trinajstić information content (AvgIpc) is 2.36. The normalized spacial score (nSPS) is 37.3. The fourth-order valence-electron chi connectivity index (χ4n) is 4.95. The lowest BCUT2D eigenvalue weighted by Gasteiger charge is -2.56. The van der Waals surface area contributed by atoms with Crippen LogP contribution in [0.1, 0.15) is 44.9 Å². The number of hydrogen-bond acceptors (Lipinski definition) is 2. The third-order valence-corrected chi connectivity index (χ3v) is 5.20. The number of carbonyl (C=O) groups is 1. The number of azide groups is 1. The van der Waals surface area contributed by atoms with E-state index in [4.69, 9.17) is 5.53 Å². The number of hydrogen-bond donors (Lipinski definition) is 2. The first-order valence-electron chi connectivity index (χ1n) is 7.76. The Kier molecular flexibility index (Phi) is 3.74. The monoisotopic (exact) mass is 277 g/mol. The maximum absolute atomic E-state index is 12.0. The molecule has 4 rings (SSSR count). The van der Waals surface area contributed by atoms with Gasteiger partial charge in [-0.15, -0.1) is 0 Å². The first kappa shape index (κ1) is 13.6. The molecule has 0 aromatic heterocycles. The molecule has 2 N–H and O–H groups in total. The van der Waals surface area contributed by atoms with Gasteiger partial charge in [-0.2, -0.15) is 0 Å². The molecule has 0 atom stereocenters. The first-order valence-corrected chi connectivity index (χ1v) is 7.76. The minimum absolute atomic E-state index is 0.0483.